The first-order valence-corrected chi connectivity index (χ1v) is 6.38. The lowest BCUT2D eigenvalue weighted by atomic mass is 9.75. The summed E-state index contributed by atoms with van der Waals surface area (Å²) >= 11 is 0. The van der Waals surface area contributed by atoms with Gasteiger partial charge in [0.25, 0.3) is 0 Å². The zero-order valence-electron chi connectivity index (χ0n) is 10.7. The standard InChI is InChI=1S/C15H21NO/c1-16(2)11-13-8-9-14(17)10-15(13)12-6-4-3-5-7-12/h3-7,13,15H,8-11H2,1-2H3/t13-,15-/m0/s1. The molecule has 1 aliphatic carbocycles. The third-order valence-electron chi connectivity index (χ3n) is 3.64. The van der Waals surface area contributed by atoms with Gasteiger partial charge in [-0.15, -0.1) is 0 Å². The van der Waals surface area contributed by atoms with E-state index < -0.39 is 0 Å². The first kappa shape index (κ1) is 12.3. The van der Waals surface area contributed by atoms with Gasteiger partial charge in [0.15, 0.2) is 0 Å². The number of ketones is 1. The lowest BCUT2D eigenvalue weighted by Crippen LogP contribution is -2.31. The third-order valence-corrected chi connectivity index (χ3v) is 3.64. The fourth-order valence-corrected chi connectivity index (χ4v) is 2.84. The number of Topliss-reactive ketones (excluding diaryl/α,β-unsaturated/α-hetero) is 1. The highest BCUT2D eigenvalue weighted by molar-refractivity contribution is 5.80. The minimum absolute atomic E-state index is 0.417. The zero-order valence-corrected chi connectivity index (χ0v) is 10.7. The van der Waals surface area contributed by atoms with E-state index in [1.54, 1.807) is 0 Å². The fraction of sp³-hybridized carbons (Fsp3) is 0.533. The smallest absolute Gasteiger partial charge is 0.133 e. The Morgan fingerprint density at radius 2 is 1.94 bits per heavy atom. The highest BCUT2D eigenvalue weighted by Crippen LogP contribution is 2.36. The van der Waals surface area contributed by atoms with Crippen LogP contribution in [0.3, 0.4) is 0 Å². The molecule has 2 atom stereocenters. The molecule has 1 aromatic carbocycles. The van der Waals surface area contributed by atoms with E-state index in [-0.39, 0.29) is 0 Å². The Hall–Kier alpha value is -1.15. The van der Waals surface area contributed by atoms with E-state index in [4.69, 9.17) is 0 Å². The maximum Gasteiger partial charge on any atom is 0.133 e. The molecule has 0 heterocycles. The van der Waals surface area contributed by atoms with Crippen LogP contribution in [0.2, 0.25) is 0 Å². The largest absolute Gasteiger partial charge is 0.309 e. The van der Waals surface area contributed by atoms with Crippen LogP contribution < -0.4 is 0 Å². The van der Waals surface area contributed by atoms with Gasteiger partial charge in [-0.05, 0) is 37.9 Å². The molecule has 1 aliphatic rings. The minimum Gasteiger partial charge on any atom is -0.309 e. The number of hydrogen-bond acceptors (Lipinski definition) is 2. The van der Waals surface area contributed by atoms with Crippen molar-refractivity contribution in [1.29, 1.82) is 0 Å². The molecular weight excluding hydrogens is 210 g/mol. The van der Waals surface area contributed by atoms with Crippen molar-refractivity contribution in [2.75, 3.05) is 20.6 Å². The first-order chi connectivity index (χ1) is 8.16. The predicted molar refractivity (Wildman–Crippen MR) is 70.1 cm³/mol. The number of nitrogens with zero attached hydrogens (tertiary/aromatic N) is 1. The molecule has 2 heteroatoms. The van der Waals surface area contributed by atoms with Crippen molar-refractivity contribution < 1.29 is 4.79 Å². The summed E-state index contributed by atoms with van der Waals surface area (Å²) in [7, 11) is 4.22. The summed E-state index contributed by atoms with van der Waals surface area (Å²) in [6, 6.07) is 10.5. The summed E-state index contributed by atoms with van der Waals surface area (Å²) in [5.74, 6) is 1.46. The van der Waals surface area contributed by atoms with Gasteiger partial charge in [-0.1, -0.05) is 30.3 Å². The van der Waals surface area contributed by atoms with Crippen molar-refractivity contribution >= 4 is 5.78 Å². The summed E-state index contributed by atoms with van der Waals surface area (Å²) in [6.45, 7) is 1.08. The second-order valence-electron chi connectivity index (χ2n) is 5.32. The van der Waals surface area contributed by atoms with Crippen LogP contribution in [0.5, 0.6) is 0 Å². The Labute approximate surface area is 104 Å². The molecule has 0 saturated heterocycles. The lowest BCUT2D eigenvalue weighted by molar-refractivity contribution is -0.121. The molecule has 92 valence electrons. The van der Waals surface area contributed by atoms with Crippen molar-refractivity contribution in [1.82, 2.24) is 4.90 Å². The van der Waals surface area contributed by atoms with Gasteiger partial charge in [-0.3, -0.25) is 4.79 Å². The van der Waals surface area contributed by atoms with Crippen LogP contribution in [0.4, 0.5) is 0 Å². The van der Waals surface area contributed by atoms with Crippen molar-refractivity contribution in [3.8, 4) is 0 Å². The topological polar surface area (TPSA) is 20.3 Å². The Bertz CT molecular complexity index is 372. The predicted octanol–water partition coefficient (Wildman–Crippen LogP) is 2.70. The quantitative estimate of drug-likeness (QED) is 0.797. The van der Waals surface area contributed by atoms with E-state index in [2.05, 4.69) is 43.3 Å². The molecule has 1 aromatic rings. The average molecular weight is 231 g/mol. The van der Waals surface area contributed by atoms with Crippen molar-refractivity contribution in [2.45, 2.75) is 25.2 Å². The Kier molecular flexibility index (Phi) is 3.95. The number of carbonyl (C=O) groups is 1. The Morgan fingerprint density at radius 1 is 1.24 bits per heavy atom. The maximum absolute atomic E-state index is 11.7. The summed E-state index contributed by atoms with van der Waals surface area (Å²) < 4.78 is 0. The summed E-state index contributed by atoms with van der Waals surface area (Å²) in [6.07, 6.45) is 2.53. The third kappa shape index (κ3) is 3.16. The van der Waals surface area contributed by atoms with Crippen LogP contribution in [-0.2, 0) is 4.79 Å². The lowest BCUT2D eigenvalue weighted by Gasteiger charge is -2.33. The summed E-state index contributed by atoms with van der Waals surface area (Å²) in [5, 5.41) is 0. The van der Waals surface area contributed by atoms with Crippen LogP contribution in [0, 0.1) is 5.92 Å². The molecule has 1 fully saturated rings. The second kappa shape index (κ2) is 5.46. The monoisotopic (exact) mass is 231 g/mol. The van der Waals surface area contributed by atoms with Gasteiger partial charge in [0.1, 0.15) is 5.78 Å². The molecule has 0 radical (unpaired) electrons. The molecule has 0 bridgehead atoms. The van der Waals surface area contributed by atoms with Gasteiger partial charge in [0.05, 0.1) is 0 Å². The average Bonchev–Trinajstić information content (AvgIpc) is 2.32. The minimum atomic E-state index is 0.417. The van der Waals surface area contributed by atoms with E-state index in [0.717, 1.165) is 25.8 Å². The second-order valence-corrected chi connectivity index (χ2v) is 5.32. The molecule has 1 saturated carbocycles. The highest BCUT2D eigenvalue weighted by atomic mass is 16.1. The molecule has 17 heavy (non-hydrogen) atoms. The number of benzene rings is 1. The Morgan fingerprint density at radius 3 is 2.59 bits per heavy atom. The van der Waals surface area contributed by atoms with Crippen molar-refractivity contribution in [3.05, 3.63) is 35.9 Å². The van der Waals surface area contributed by atoms with Gasteiger partial charge >= 0.3 is 0 Å². The summed E-state index contributed by atoms with van der Waals surface area (Å²) in [4.78, 5) is 13.9. The zero-order chi connectivity index (χ0) is 12.3. The van der Waals surface area contributed by atoms with E-state index in [1.165, 1.54) is 5.56 Å². The van der Waals surface area contributed by atoms with E-state index in [9.17, 15) is 4.79 Å². The molecule has 0 N–H and O–H groups in total. The molecule has 0 aliphatic heterocycles. The molecule has 2 nitrogen and oxygen atoms in total. The van der Waals surface area contributed by atoms with Gasteiger partial charge in [-0.2, -0.15) is 0 Å². The molecule has 0 aromatic heterocycles. The summed E-state index contributed by atoms with van der Waals surface area (Å²) in [5.41, 5.74) is 1.33. The highest BCUT2D eigenvalue weighted by Gasteiger charge is 2.30. The van der Waals surface area contributed by atoms with E-state index >= 15 is 0 Å². The Balaban J connectivity index is 2.17. The van der Waals surface area contributed by atoms with Crippen LogP contribution in [0.25, 0.3) is 0 Å². The molecule has 0 unspecified atom stereocenters. The van der Waals surface area contributed by atoms with Crippen molar-refractivity contribution in [3.63, 3.8) is 0 Å². The molecule has 2 rings (SSSR count). The van der Waals surface area contributed by atoms with Crippen LogP contribution in [-0.4, -0.2) is 31.3 Å². The van der Waals surface area contributed by atoms with Gasteiger partial charge in [0, 0.05) is 19.4 Å². The number of hydrogen-bond donors (Lipinski definition) is 0. The van der Waals surface area contributed by atoms with E-state index in [1.807, 2.05) is 6.07 Å². The molecular formula is C15H21NO. The van der Waals surface area contributed by atoms with Gasteiger partial charge in [0.2, 0.25) is 0 Å². The fourth-order valence-electron chi connectivity index (χ4n) is 2.84. The maximum atomic E-state index is 11.7. The van der Waals surface area contributed by atoms with Crippen LogP contribution in [0.15, 0.2) is 30.3 Å². The van der Waals surface area contributed by atoms with E-state index in [0.29, 0.717) is 17.6 Å². The SMILES string of the molecule is CN(C)C[C@@H]1CCC(=O)C[C@H]1c1ccccc1. The van der Waals surface area contributed by atoms with Crippen LogP contribution in [0.1, 0.15) is 30.7 Å². The molecule has 0 spiro atoms. The number of carbonyl (C=O) groups excluding carboxylic acids is 1. The normalized spacial score (nSPS) is 25.2. The molecule has 0 amide bonds. The first-order valence-electron chi connectivity index (χ1n) is 6.38. The van der Waals surface area contributed by atoms with Crippen LogP contribution >= 0.6 is 0 Å². The number of rotatable bonds is 3. The van der Waals surface area contributed by atoms with Gasteiger partial charge < -0.3 is 4.90 Å². The van der Waals surface area contributed by atoms with Crippen molar-refractivity contribution in [2.24, 2.45) is 5.92 Å². The van der Waals surface area contributed by atoms with Gasteiger partial charge in [-0.25, -0.2) is 0 Å².